The van der Waals surface area contributed by atoms with Crippen molar-refractivity contribution in [3.8, 4) is 0 Å². The van der Waals surface area contributed by atoms with E-state index in [1.54, 1.807) is 42.6 Å². The van der Waals surface area contributed by atoms with Gasteiger partial charge in [-0.25, -0.2) is 0 Å². The Hall–Kier alpha value is -3.34. The quantitative estimate of drug-likeness (QED) is 0.707. The van der Waals surface area contributed by atoms with E-state index in [-0.39, 0.29) is 5.91 Å². The summed E-state index contributed by atoms with van der Waals surface area (Å²) in [5, 5.41) is 11.1. The zero-order valence-corrected chi connectivity index (χ0v) is 12.3. The van der Waals surface area contributed by atoms with E-state index >= 15 is 0 Å². The molecular weight excluding hydrogens is 288 g/mol. The molecular formula is C18H14N4O. The molecule has 5 nitrogen and oxygen atoms in total. The molecule has 0 saturated carbocycles. The molecule has 2 aromatic carbocycles. The highest BCUT2D eigenvalue weighted by atomic mass is 16.1. The zero-order valence-electron chi connectivity index (χ0n) is 12.3. The molecule has 3 rings (SSSR count). The van der Waals surface area contributed by atoms with Crippen LogP contribution < -0.4 is 5.32 Å². The number of carbonyl (C=O) groups is 1. The number of rotatable bonds is 4. The predicted molar refractivity (Wildman–Crippen MR) is 89.3 cm³/mol. The number of benzene rings is 2. The third kappa shape index (κ3) is 4.07. The number of amides is 1. The van der Waals surface area contributed by atoms with Gasteiger partial charge in [-0.3, -0.25) is 9.78 Å². The van der Waals surface area contributed by atoms with Crippen molar-refractivity contribution in [3.05, 3.63) is 84.7 Å². The molecule has 0 unspecified atom stereocenters. The van der Waals surface area contributed by atoms with E-state index in [0.717, 1.165) is 5.69 Å². The van der Waals surface area contributed by atoms with Gasteiger partial charge < -0.3 is 5.32 Å². The van der Waals surface area contributed by atoms with Gasteiger partial charge in [0, 0.05) is 18.1 Å². The molecule has 0 saturated heterocycles. The fourth-order valence-corrected chi connectivity index (χ4v) is 1.92. The molecule has 0 aliphatic heterocycles. The minimum Gasteiger partial charge on any atom is -0.322 e. The summed E-state index contributed by atoms with van der Waals surface area (Å²) in [4.78, 5) is 15.9. The molecule has 0 bridgehead atoms. The Morgan fingerprint density at radius 3 is 2.17 bits per heavy atom. The number of hydrogen-bond donors (Lipinski definition) is 1. The molecule has 23 heavy (non-hydrogen) atoms. The van der Waals surface area contributed by atoms with Crippen LogP contribution in [0.4, 0.5) is 17.1 Å². The van der Waals surface area contributed by atoms with E-state index < -0.39 is 0 Å². The molecule has 0 atom stereocenters. The van der Waals surface area contributed by atoms with Gasteiger partial charge in [0.2, 0.25) is 0 Å². The first-order chi connectivity index (χ1) is 11.3. The lowest BCUT2D eigenvalue weighted by Gasteiger charge is -2.04. The number of nitrogens with zero attached hydrogens (tertiary/aromatic N) is 3. The number of nitrogens with one attached hydrogen (secondary N) is 1. The van der Waals surface area contributed by atoms with Crippen molar-refractivity contribution >= 4 is 23.0 Å². The Morgan fingerprint density at radius 2 is 1.52 bits per heavy atom. The summed E-state index contributed by atoms with van der Waals surface area (Å²) in [7, 11) is 0. The van der Waals surface area contributed by atoms with Crippen molar-refractivity contribution < 1.29 is 4.79 Å². The van der Waals surface area contributed by atoms with Gasteiger partial charge in [0.05, 0.1) is 16.9 Å². The van der Waals surface area contributed by atoms with Crippen LogP contribution in [-0.4, -0.2) is 10.9 Å². The summed E-state index contributed by atoms with van der Waals surface area (Å²) in [6, 6.07) is 20.1. The van der Waals surface area contributed by atoms with Crippen LogP contribution in [0.5, 0.6) is 0 Å². The average Bonchev–Trinajstić information content (AvgIpc) is 2.63. The van der Waals surface area contributed by atoms with Gasteiger partial charge in [0.15, 0.2) is 0 Å². The smallest absolute Gasteiger partial charge is 0.257 e. The summed E-state index contributed by atoms with van der Waals surface area (Å²) >= 11 is 0. The fourth-order valence-electron chi connectivity index (χ4n) is 1.92. The molecule has 1 aromatic heterocycles. The first kappa shape index (κ1) is 14.6. The van der Waals surface area contributed by atoms with E-state index in [1.807, 2.05) is 30.3 Å². The van der Waals surface area contributed by atoms with Crippen molar-refractivity contribution in [1.82, 2.24) is 4.98 Å². The van der Waals surface area contributed by atoms with Gasteiger partial charge in [0.1, 0.15) is 0 Å². The number of hydrogen-bond acceptors (Lipinski definition) is 4. The van der Waals surface area contributed by atoms with Gasteiger partial charge in [-0.15, -0.1) is 0 Å². The zero-order chi connectivity index (χ0) is 15.9. The molecule has 0 fully saturated rings. The van der Waals surface area contributed by atoms with Crippen molar-refractivity contribution in [1.29, 1.82) is 0 Å². The van der Waals surface area contributed by atoms with Crippen molar-refractivity contribution in [2.75, 3.05) is 5.32 Å². The second kappa shape index (κ2) is 7.09. The highest BCUT2D eigenvalue weighted by Crippen LogP contribution is 2.20. The van der Waals surface area contributed by atoms with E-state index in [2.05, 4.69) is 20.5 Å². The van der Waals surface area contributed by atoms with Crippen LogP contribution in [0.25, 0.3) is 0 Å². The molecule has 112 valence electrons. The normalized spacial score (nSPS) is 10.6. The van der Waals surface area contributed by atoms with Crippen molar-refractivity contribution in [2.45, 2.75) is 0 Å². The minimum atomic E-state index is -0.197. The number of aromatic nitrogens is 1. The molecule has 1 heterocycles. The maximum absolute atomic E-state index is 12.0. The number of azo groups is 1. The van der Waals surface area contributed by atoms with Gasteiger partial charge in [0.25, 0.3) is 5.91 Å². The third-order valence-corrected chi connectivity index (χ3v) is 3.09. The third-order valence-electron chi connectivity index (χ3n) is 3.09. The monoisotopic (exact) mass is 302 g/mol. The first-order valence-corrected chi connectivity index (χ1v) is 7.09. The van der Waals surface area contributed by atoms with Crippen LogP contribution in [0.2, 0.25) is 0 Å². The van der Waals surface area contributed by atoms with Crippen LogP contribution in [0.15, 0.2) is 89.4 Å². The SMILES string of the molecule is O=C(Nc1ccc(N=Nc2ccccc2)cc1)c1cccnc1. The van der Waals surface area contributed by atoms with Crippen LogP contribution in [0.3, 0.4) is 0 Å². The second-order valence-corrected chi connectivity index (χ2v) is 4.78. The first-order valence-electron chi connectivity index (χ1n) is 7.09. The highest BCUT2D eigenvalue weighted by molar-refractivity contribution is 6.04. The lowest BCUT2D eigenvalue weighted by Crippen LogP contribution is -2.11. The Balaban J connectivity index is 1.65. The van der Waals surface area contributed by atoms with Crippen molar-refractivity contribution in [3.63, 3.8) is 0 Å². The molecule has 5 heteroatoms. The molecule has 0 aliphatic carbocycles. The summed E-state index contributed by atoms with van der Waals surface area (Å²) in [5.41, 5.74) is 2.72. The van der Waals surface area contributed by atoms with E-state index in [1.165, 1.54) is 6.20 Å². The molecule has 0 radical (unpaired) electrons. The van der Waals surface area contributed by atoms with Crippen molar-refractivity contribution in [2.24, 2.45) is 10.2 Å². The Morgan fingerprint density at radius 1 is 0.826 bits per heavy atom. The van der Waals surface area contributed by atoms with E-state index in [0.29, 0.717) is 16.9 Å². The largest absolute Gasteiger partial charge is 0.322 e. The molecule has 1 amide bonds. The summed E-state index contributed by atoms with van der Waals surface area (Å²) in [5.74, 6) is -0.197. The summed E-state index contributed by atoms with van der Waals surface area (Å²) < 4.78 is 0. The molecule has 3 aromatic rings. The molecule has 0 aliphatic rings. The Labute approximate surface area is 133 Å². The highest BCUT2D eigenvalue weighted by Gasteiger charge is 2.05. The van der Waals surface area contributed by atoms with Gasteiger partial charge in [-0.05, 0) is 48.5 Å². The standard InChI is InChI=1S/C18H14N4O/c23-18(14-5-4-12-19-13-14)20-15-8-10-17(11-9-15)22-21-16-6-2-1-3-7-16/h1-13H,(H,20,23). The number of anilines is 1. The van der Waals surface area contributed by atoms with E-state index in [9.17, 15) is 4.79 Å². The summed E-state index contributed by atoms with van der Waals surface area (Å²) in [6.45, 7) is 0. The average molecular weight is 302 g/mol. The minimum absolute atomic E-state index is 0.197. The maximum atomic E-state index is 12.0. The molecule has 0 spiro atoms. The van der Waals surface area contributed by atoms with Gasteiger partial charge >= 0.3 is 0 Å². The van der Waals surface area contributed by atoms with Gasteiger partial charge in [-0.1, -0.05) is 18.2 Å². The predicted octanol–water partition coefficient (Wildman–Crippen LogP) is 4.75. The lowest BCUT2D eigenvalue weighted by molar-refractivity contribution is 0.102. The number of carbonyl (C=O) groups excluding carboxylic acids is 1. The van der Waals surface area contributed by atoms with Gasteiger partial charge in [-0.2, -0.15) is 10.2 Å². The lowest BCUT2D eigenvalue weighted by atomic mass is 10.2. The fraction of sp³-hybridized carbons (Fsp3) is 0. The Kier molecular flexibility index (Phi) is 4.49. The van der Waals surface area contributed by atoms with Crippen LogP contribution in [0.1, 0.15) is 10.4 Å². The second-order valence-electron chi connectivity index (χ2n) is 4.78. The Bertz CT molecular complexity index is 799. The van der Waals surface area contributed by atoms with Crippen LogP contribution in [-0.2, 0) is 0 Å². The van der Waals surface area contributed by atoms with E-state index in [4.69, 9.17) is 0 Å². The topological polar surface area (TPSA) is 66.7 Å². The number of pyridine rings is 1. The van der Waals surface area contributed by atoms with Crippen LogP contribution in [0, 0.1) is 0 Å². The molecule has 1 N–H and O–H groups in total. The summed E-state index contributed by atoms with van der Waals surface area (Å²) in [6.07, 6.45) is 3.15. The van der Waals surface area contributed by atoms with Crippen LogP contribution >= 0.6 is 0 Å². The maximum Gasteiger partial charge on any atom is 0.257 e.